The van der Waals surface area contributed by atoms with Gasteiger partial charge in [0.2, 0.25) is 0 Å². The van der Waals surface area contributed by atoms with Crippen molar-refractivity contribution in [2.45, 2.75) is 40.5 Å². The van der Waals surface area contributed by atoms with Crippen LogP contribution in [0.25, 0.3) is 0 Å². The fourth-order valence-electron chi connectivity index (χ4n) is 2.08. The summed E-state index contributed by atoms with van der Waals surface area (Å²) in [7, 11) is 1.33. The minimum atomic E-state index is -0.344. The van der Waals surface area contributed by atoms with E-state index in [1.165, 1.54) is 7.11 Å². The van der Waals surface area contributed by atoms with Gasteiger partial charge in [-0.1, -0.05) is 6.07 Å². The van der Waals surface area contributed by atoms with Gasteiger partial charge in [-0.05, 0) is 49.9 Å². The normalized spacial score (nSPS) is 10.3. The lowest BCUT2D eigenvalue weighted by Crippen LogP contribution is -2.10. The van der Waals surface area contributed by atoms with E-state index in [1.54, 1.807) is 0 Å². The monoisotopic (exact) mass is 248 g/mol. The predicted octanol–water partition coefficient (Wildman–Crippen LogP) is 3.06. The fraction of sp³-hybridized carbons (Fsp3) is 0.467. The zero-order valence-electron chi connectivity index (χ0n) is 11.7. The van der Waals surface area contributed by atoms with Gasteiger partial charge in [0, 0.05) is 12.0 Å². The second-order valence-electron chi connectivity index (χ2n) is 4.63. The van der Waals surface area contributed by atoms with Crippen LogP contribution in [0.1, 0.15) is 45.5 Å². The van der Waals surface area contributed by atoms with Crippen molar-refractivity contribution in [3.05, 3.63) is 33.9 Å². The second-order valence-corrected chi connectivity index (χ2v) is 4.63. The van der Waals surface area contributed by atoms with E-state index < -0.39 is 0 Å². The van der Waals surface area contributed by atoms with Gasteiger partial charge < -0.3 is 4.74 Å². The molecule has 98 valence electrons. The molecule has 18 heavy (non-hydrogen) atoms. The first-order valence-corrected chi connectivity index (χ1v) is 6.06. The first-order valence-electron chi connectivity index (χ1n) is 6.06. The van der Waals surface area contributed by atoms with Crippen LogP contribution in [0.4, 0.5) is 0 Å². The van der Waals surface area contributed by atoms with Crippen LogP contribution in [-0.4, -0.2) is 18.9 Å². The van der Waals surface area contributed by atoms with E-state index in [0.29, 0.717) is 0 Å². The number of methoxy groups -OCH3 is 1. The number of benzene rings is 1. The van der Waals surface area contributed by atoms with Crippen LogP contribution in [0.3, 0.4) is 0 Å². The number of rotatable bonds is 4. The Balaban J connectivity index is 3.02. The van der Waals surface area contributed by atoms with Crippen molar-refractivity contribution in [1.29, 1.82) is 0 Å². The summed E-state index contributed by atoms with van der Waals surface area (Å²) >= 11 is 0. The van der Waals surface area contributed by atoms with Crippen molar-refractivity contribution < 1.29 is 14.3 Å². The Kier molecular flexibility index (Phi) is 4.65. The van der Waals surface area contributed by atoms with E-state index in [-0.39, 0.29) is 24.6 Å². The highest BCUT2D eigenvalue weighted by molar-refractivity contribution is 6.00. The Labute approximate surface area is 108 Å². The third-order valence-corrected chi connectivity index (χ3v) is 3.43. The van der Waals surface area contributed by atoms with Gasteiger partial charge in [-0.3, -0.25) is 9.59 Å². The van der Waals surface area contributed by atoms with Gasteiger partial charge in [0.05, 0.1) is 13.5 Å². The van der Waals surface area contributed by atoms with Crippen LogP contribution >= 0.6 is 0 Å². The van der Waals surface area contributed by atoms with Crippen LogP contribution < -0.4 is 0 Å². The summed E-state index contributed by atoms with van der Waals surface area (Å²) in [6.45, 7) is 7.90. The maximum absolute atomic E-state index is 12.2. The number of Topliss-reactive ketones (excluding diaryl/α,β-unsaturated/α-hetero) is 1. The van der Waals surface area contributed by atoms with Crippen LogP contribution in [0.15, 0.2) is 6.07 Å². The second kappa shape index (κ2) is 5.80. The minimum Gasteiger partial charge on any atom is -0.469 e. The molecule has 0 aromatic heterocycles. The summed E-state index contributed by atoms with van der Waals surface area (Å²) < 4.78 is 4.55. The SMILES string of the molecule is COC(=O)CCC(=O)c1c(C)c(C)cc(C)c1C. The van der Waals surface area contributed by atoms with E-state index in [4.69, 9.17) is 0 Å². The number of hydrogen-bond donors (Lipinski definition) is 0. The van der Waals surface area contributed by atoms with Gasteiger partial charge in [-0.15, -0.1) is 0 Å². The lowest BCUT2D eigenvalue weighted by Gasteiger charge is -2.14. The van der Waals surface area contributed by atoms with Crippen molar-refractivity contribution in [2.75, 3.05) is 7.11 Å². The molecule has 0 saturated carbocycles. The van der Waals surface area contributed by atoms with E-state index >= 15 is 0 Å². The summed E-state index contributed by atoms with van der Waals surface area (Å²) in [6.07, 6.45) is 0.346. The van der Waals surface area contributed by atoms with Gasteiger partial charge in [0.15, 0.2) is 5.78 Å². The molecule has 0 saturated heterocycles. The molecule has 0 fully saturated rings. The van der Waals surface area contributed by atoms with Gasteiger partial charge in [-0.2, -0.15) is 0 Å². The lowest BCUT2D eigenvalue weighted by atomic mass is 9.90. The van der Waals surface area contributed by atoms with E-state index in [0.717, 1.165) is 27.8 Å². The lowest BCUT2D eigenvalue weighted by molar-refractivity contribution is -0.140. The van der Waals surface area contributed by atoms with Crippen LogP contribution in [0.2, 0.25) is 0 Å². The van der Waals surface area contributed by atoms with Gasteiger partial charge in [0.1, 0.15) is 0 Å². The highest BCUT2D eigenvalue weighted by Gasteiger charge is 2.16. The molecule has 0 bridgehead atoms. The number of hydrogen-bond acceptors (Lipinski definition) is 3. The third-order valence-electron chi connectivity index (χ3n) is 3.43. The molecule has 0 radical (unpaired) electrons. The van der Waals surface area contributed by atoms with Crippen molar-refractivity contribution in [1.82, 2.24) is 0 Å². The number of aryl methyl sites for hydroxylation is 2. The summed E-state index contributed by atoms with van der Waals surface area (Å²) in [4.78, 5) is 23.3. The molecule has 0 aliphatic rings. The van der Waals surface area contributed by atoms with Crippen molar-refractivity contribution in [3.8, 4) is 0 Å². The minimum absolute atomic E-state index is 0.0159. The van der Waals surface area contributed by atoms with Crippen LogP contribution in [0.5, 0.6) is 0 Å². The molecular formula is C15H20O3. The maximum atomic E-state index is 12.2. The smallest absolute Gasteiger partial charge is 0.305 e. The zero-order chi connectivity index (χ0) is 13.9. The summed E-state index contributed by atoms with van der Waals surface area (Å²) in [6, 6.07) is 2.09. The molecule has 3 heteroatoms. The molecule has 3 nitrogen and oxygen atoms in total. The Morgan fingerprint density at radius 2 is 1.50 bits per heavy atom. The molecular weight excluding hydrogens is 228 g/mol. The van der Waals surface area contributed by atoms with Crippen molar-refractivity contribution in [2.24, 2.45) is 0 Å². The predicted molar refractivity (Wildman–Crippen MR) is 71.0 cm³/mol. The molecule has 0 N–H and O–H groups in total. The topological polar surface area (TPSA) is 43.4 Å². The molecule has 1 aromatic carbocycles. The largest absolute Gasteiger partial charge is 0.469 e. The number of ketones is 1. The summed E-state index contributed by atoms with van der Waals surface area (Å²) in [5.41, 5.74) is 5.00. The van der Waals surface area contributed by atoms with Gasteiger partial charge in [-0.25, -0.2) is 0 Å². The Hall–Kier alpha value is -1.64. The molecule has 0 atom stereocenters. The number of esters is 1. The standard InChI is InChI=1S/C15H20O3/c1-9-8-10(2)12(4)15(11(9)3)13(16)6-7-14(17)18-5/h8H,6-7H2,1-5H3. The maximum Gasteiger partial charge on any atom is 0.305 e. The van der Waals surface area contributed by atoms with E-state index in [9.17, 15) is 9.59 Å². The van der Waals surface area contributed by atoms with E-state index in [1.807, 2.05) is 27.7 Å². The molecule has 0 heterocycles. The zero-order valence-corrected chi connectivity index (χ0v) is 11.7. The number of carbonyl (C=O) groups excluding carboxylic acids is 2. The third kappa shape index (κ3) is 2.97. The summed E-state index contributed by atoms with van der Waals surface area (Å²) in [5.74, 6) is -0.328. The van der Waals surface area contributed by atoms with E-state index in [2.05, 4.69) is 10.8 Å². The first kappa shape index (κ1) is 14.4. The van der Waals surface area contributed by atoms with Crippen molar-refractivity contribution >= 4 is 11.8 Å². The first-order chi connectivity index (χ1) is 8.38. The van der Waals surface area contributed by atoms with Gasteiger partial charge in [0.25, 0.3) is 0 Å². The van der Waals surface area contributed by atoms with Crippen LogP contribution in [-0.2, 0) is 9.53 Å². The molecule has 0 aliphatic carbocycles. The quantitative estimate of drug-likeness (QED) is 0.607. The number of carbonyl (C=O) groups is 2. The highest BCUT2D eigenvalue weighted by atomic mass is 16.5. The van der Waals surface area contributed by atoms with Crippen molar-refractivity contribution in [3.63, 3.8) is 0 Å². The molecule has 1 rings (SSSR count). The molecule has 0 aliphatic heterocycles. The fourth-order valence-corrected chi connectivity index (χ4v) is 2.08. The Morgan fingerprint density at radius 1 is 1.00 bits per heavy atom. The average Bonchev–Trinajstić information content (AvgIpc) is 2.33. The van der Waals surface area contributed by atoms with Crippen LogP contribution in [0, 0.1) is 27.7 Å². The number of ether oxygens (including phenoxy) is 1. The van der Waals surface area contributed by atoms with Gasteiger partial charge >= 0.3 is 5.97 Å². The summed E-state index contributed by atoms with van der Waals surface area (Å²) in [5, 5.41) is 0. The molecule has 1 aromatic rings. The average molecular weight is 248 g/mol. The Morgan fingerprint density at radius 3 is 1.94 bits per heavy atom. The molecule has 0 spiro atoms. The molecule has 0 unspecified atom stereocenters. The highest BCUT2D eigenvalue weighted by Crippen LogP contribution is 2.23. The molecule has 0 amide bonds. The Bertz CT molecular complexity index is 461.